The fourth-order valence-corrected chi connectivity index (χ4v) is 5.20. The van der Waals surface area contributed by atoms with Gasteiger partial charge < -0.3 is 5.11 Å². The highest BCUT2D eigenvalue weighted by Gasteiger charge is 2.27. The van der Waals surface area contributed by atoms with Crippen LogP contribution in [0.4, 0.5) is 0 Å². The third-order valence-electron chi connectivity index (χ3n) is 5.30. The summed E-state index contributed by atoms with van der Waals surface area (Å²) in [7, 11) is -3.96. The van der Waals surface area contributed by atoms with Crippen molar-refractivity contribution in [3.63, 3.8) is 0 Å². The summed E-state index contributed by atoms with van der Waals surface area (Å²) >= 11 is 3.30. The van der Waals surface area contributed by atoms with Crippen molar-refractivity contribution in [1.29, 1.82) is 0 Å². The van der Waals surface area contributed by atoms with Gasteiger partial charge in [0.2, 0.25) is 10.0 Å². The molecule has 0 saturated carbocycles. The number of hydrazone groups is 1. The van der Waals surface area contributed by atoms with Gasteiger partial charge in [0.1, 0.15) is 5.75 Å². The van der Waals surface area contributed by atoms with E-state index in [4.69, 9.17) is 0 Å². The third kappa shape index (κ3) is 5.94. The summed E-state index contributed by atoms with van der Waals surface area (Å²) in [5.41, 5.74) is 3.57. The van der Waals surface area contributed by atoms with Crippen LogP contribution in [0.5, 0.6) is 5.75 Å². The smallest absolute Gasteiger partial charge is 0.255 e. The number of carbonyl (C=O) groups excluding carboxylic acids is 1. The van der Waals surface area contributed by atoms with Crippen LogP contribution < -0.4 is 5.43 Å². The number of sulfonamides is 1. The number of phenols is 1. The summed E-state index contributed by atoms with van der Waals surface area (Å²) in [6.45, 7) is -0.424. The molecule has 9 heteroatoms. The number of benzene rings is 4. The number of nitrogens with zero attached hydrogens (tertiary/aromatic N) is 2. The van der Waals surface area contributed by atoms with Gasteiger partial charge in [-0.15, -0.1) is 0 Å². The average molecular weight is 552 g/mol. The molecule has 0 saturated heterocycles. The first-order valence-electron chi connectivity index (χ1n) is 10.7. The SMILES string of the molecule is O=C(CN(Cc1ccccc1)S(=O)(=O)c1ccc(Br)cc1)NN=Cc1c(O)ccc2ccccc12. The Kier molecular flexibility index (Phi) is 7.60. The number of hydrogen-bond donors (Lipinski definition) is 2. The van der Waals surface area contributed by atoms with Crippen molar-refractivity contribution >= 4 is 48.8 Å². The summed E-state index contributed by atoms with van der Waals surface area (Å²) in [4.78, 5) is 12.8. The molecular weight excluding hydrogens is 530 g/mol. The number of amides is 1. The van der Waals surface area contributed by atoms with Gasteiger partial charge in [0.15, 0.2) is 0 Å². The van der Waals surface area contributed by atoms with Crippen LogP contribution in [0.15, 0.2) is 105 Å². The Morgan fingerprint density at radius 3 is 2.37 bits per heavy atom. The van der Waals surface area contributed by atoms with Gasteiger partial charge >= 0.3 is 0 Å². The monoisotopic (exact) mass is 551 g/mol. The van der Waals surface area contributed by atoms with E-state index in [1.54, 1.807) is 48.5 Å². The summed E-state index contributed by atoms with van der Waals surface area (Å²) in [6, 6.07) is 26.1. The Bertz CT molecular complexity index is 1470. The first-order chi connectivity index (χ1) is 16.8. The van der Waals surface area contributed by atoms with Crippen LogP contribution >= 0.6 is 15.9 Å². The molecule has 0 atom stereocenters. The molecule has 4 aromatic rings. The van der Waals surface area contributed by atoms with Crippen LogP contribution in [0.3, 0.4) is 0 Å². The van der Waals surface area contributed by atoms with Gasteiger partial charge in [-0.05, 0) is 46.7 Å². The Hall–Kier alpha value is -3.53. The highest BCUT2D eigenvalue weighted by atomic mass is 79.9. The van der Waals surface area contributed by atoms with Crippen molar-refractivity contribution in [1.82, 2.24) is 9.73 Å². The maximum atomic E-state index is 13.3. The highest BCUT2D eigenvalue weighted by molar-refractivity contribution is 9.10. The molecule has 0 aliphatic rings. The van der Waals surface area contributed by atoms with Crippen LogP contribution in [0.25, 0.3) is 10.8 Å². The largest absolute Gasteiger partial charge is 0.507 e. The second-order valence-corrected chi connectivity index (χ2v) is 10.6. The molecule has 0 unspecified atom stereocenters. The fraction of sp³-hybridized carbons (Fsp3) is 0.0769. The quantitative estimate of drug-likeness (QED) is 0.246. The van der Waals surface area contributed by atoms with Gasteiger partial charge in [-0.25, -0.2) is 13.8 Å². The zero-order valence-corrected chi connectivity index (χ0v) is 20.9. The van der Waals surface area contributed by atoms with E-state index in [9.17, 15) is 18.3 Å². The predicted octanol–water partition coefficient (Wildman–Crippen LogP) is 4.65. The van der Waals surface area contributed by atoms with Crippen molar-refractivity contribution in [2.45, 2.75) is 11.4 Å². The number of halogens is 1. The first-order valence-corrected chi connectivity index (χ1v) is 12.9. The molecule has 0 fully saturated rings. The second kappa shape index (κ2) is 10.8. The summed E-state index contributed by atoms with van der Waals surface area (Å²) in [5, 5.41) is 15.9. The summed E-state index contributed by atoms with van der Waals surface area (Å²) < 4.78 is 28.5. The van der Waals surface area contributed by atoms with Crippen LogP contribution in [-0.4, -0.2) is 36.5 Å². The minimum absolute atomic E-state index is 0.0144. The molecule has 1 amide bonds. The molecule has 0 aromatic heterocycles. The number of carbonyl (C=O) groups is 1. The Labute approximate surface area is 211 Å². The molecule has 0 aliphatic carbocycles. The zero-order valence-electron chi connectivity index (χ0n) is 18.5. The van der Waals surface area contributed by atoms with Gasteiger partial charge in [0, 0.05) is 16.6 Å². The van der Waals surface area contributed by atoms with E-state index in [0.29, 0.717) is 5.56 Å². The maximum absolute atomic E-state index is 13.3. The average Bonchev–Trinajstić information content (AvgIpc) is 2.86. The van der Waals surface area contributed by atoms with E-state index in [1.165, 1.54) is 18.3 Å². The molecule has 7 nitrogen and oxygen atoms in total. The third-order valence-corrected chi connectivity index (χ3v) is 7.64. The number of rotatable bonds is 8. The molecule has 4 aromatic carbocycles. The number of nitrogens with one attached hydrogen (secondary N) is 1. The molecule has 2 N–H and O–H groups in total. The molecule has 0 radical (unpaired) electrons. The fourth-order valence-electron chi connectivity index (χ4n) is 3.55. The molecule has 35 heavy (non-hydrogen) atoms. The van der Waals surface area contributed by atoms with E-state index in [0.717, 1.165) is 25.1 Å². The van der Waals surface area contributed by atoms with Gasteiger partial charge in [-0.2, -0.15) is 9.41 Å². The lowest BCUT2D eigenvalue weighted by molar-refractivity contribution is -0.121. The van der Waals surface area contributed by atoms with Crippen molar-refractivity contribution < 1.29 is 18.3 Å². The lowest BCUT2D eigenvalue weighted by Gasteiger charge is -2.21. The predicted molar refractivity (Wildman–Crippen MR) is 140 cm³/mol. The summed E-state index contributed by atoms with van der Waals surface area (Å²) in [5.74, 6) is -0.595. The molecule has 0 spiro atoms. The number of phenolic OH excluding ortho intramolecular Hbond substituents is 1. The minimum atomic E-state index is -3.96. The number of hydrogen-bond acceptors (Lipinski definition) is 5. The van der Waals surface area contributed by atoms with Crippen molar-refractivity contribution in [2.75, 3.05) is 6.54 Å². The van der Waals surface area contributed by atoms with E-state index in [2.05, 4.69) is 26.5 Å². The van der Waals surface area contributed by atoms with E-state index in [-0.39, 0.29) is 17.2 Å². The van der Waals surface area contributed by atoms with Crippen LogP contribution in [-0.2, 0) is 21.4 Å². The van der Waals surface area contributed by atoms with E-state index in [1.807, 2.05) is 30.3 Å². The highest BCUT2D eigenvalue weighted by Crippen LogP contribution is 2.25. The lowest BCUT2D eigenvalue weighted by Crippen LogP contribution is -2.39. The maximum Gasteiger partial charge on any atom is 0.255 e. The lowest BCUT2D eigenvalue weighted by atomic mass is 10.0. The van der Waals surface area contributed by atoms with Gasteiger partial charge in [-0.1, -0.05) is 76.6 Å². The molecule has 0 aliphatic heterocycles. The topological polar surface area (TPSA) is 99.1 Å². The van der Waals surface area contributed by atoms with Crippen molar-refractivity contribution in [3.8, 4) is 5.75 Å². The zero-order chi connectivity index (χ0) is 24.8. The standard InChI is InChI=1S/C26H22BrN3O4S/c27-21-11-13-22(14-12-21)35(33,34)30(17-19-6-2-1-3-7-19)18-26(32)29-28-16-24-23-9-5-4-8-20(23)10-15-25(24)31/h1-16,31H,17-18H2,(H,29,32). The number of fused-ring (bicyclic) bond motifs is 1. The Morgan fingerprint density at radius 1 is 0.943 bits per heavy atom. The Morgan fingerprint density at radius 2 is 1.63 bits per heavy atom. The van der Waals surface area contributed by atoms with Crippen LogP contribution in [0.1, 0.15) is 11.1 Å². The first kappa shape index (κ1) is 24.6. The Balaban J connectivity index is 1.55. The molecule has 0 bridgehead atoms. The second-order valence-electron chi connectivity index (χ2n) is 7.73. The molecule has 178 valence electrons. The van der Waals surface area contributed by atoms with E-state index >= 15 is 0 Å². The molecular formula is C26H22BrN3O4S. The van der Waals surface area contributed by atoms with Crippen LogP contribution in [0, 0.1) is 0 Å². The van der Waals surface area contributed by atoms with E-state index < -0.39 is 22.5 Å². The van der Waals surface area contributed by atoms with Gasteiger partial charge in [-0.3, -0.25) is 4.79 Å². The molecule has 0 heterocycles. The minimum Gasteiger partial charge on any atom is -0.507 e. The van der Waals surface area contributed by atoms with Gasteiger partial charge in [0.05, 0.1) is 17.7 Å². The van der Waals surface area contributed by atoms with Gasteiger partial charge in [0.25, 0.3) is 5.91 Å². The van der Waals surface area contributed by atoms with Crippen molar-refractivity contribution in [3.05, 3.63) is 107 Å². The van der Waals surface area contributed by atoms with Crippen LogP contribution in [0.2, 0.25) is 0 Å². The molecule has 4 rings (SSSR count). The number of aromatic hydroxyl groups is 1. The normalized spacial score (nSPS) is 11.8. The summed E-state index contributed by atoms with van der Waals surface area (Å²) in [6.07, 6.45) is 1.35. The van der Waals surface area contributed by atoms with Crippen molar-refractivity contribution in [2.24, 2.45) is 5.10 Å².